The Labute approximate surface area is 143 Å². The zero-order chi connectivity index (χ0) is 16.1. The van der Waals surface area contributed by atoms with Gasteiger partial charge in [0.2, 0.25) is 6.79 Å². The van der Waals surface area contributed by atoms with Crippen LogP contribution in [0.3, 0.4) is 0 Å². The van der Waals surface area contributed by atoms with Crippen molar-refractivity contribution < 1.29 is 9.47 Å². The normalized spacial score (nSPS) is 13.2. The lowest BCUT2D eigenvalue weighted by molar-refractivity contribution is 0.173. The predicted octanol–water partition coefficient (Wildman–Crippen LogP) is 2.82. The molecule has 6 heteroatoms. The maximum Gasteiger partial charge on any atom is 0.231 e. The molecule has 5 nitrogen and oxygen atoms in total. The summed E-state index contributed by atoms with van der Waals surface area (Å²) in [6, 6.07) is 14.2. The first kappa shape index (κ1) is 15.7. The number of hydrogen-bond donors (Lipinski definition) is 2. The Morgan fingerprint density at radius 2 is 2.00 bits per heavy atom. The average molecular weight is 376 g/mol. The molecular weight excluding hydrogens is 358 g/mol. The summed E-state index contributed by atoms with van der Waals surface area (Å²) in [7, 11) is 0. The largest absolute Gasteiger partial charge is 0.454 e. The van der Waals surface area contributed by atoms with Crippen LogP contribution in [0.25, 0.3) is 0 Å². The third-order valence-electron chi connectivity index (χ3n) is 3.48. The van der Waals surface area contributed by atoms with E-state index in [2.05, 4.69) is 38.4 Å². The van der Waals surface area contributed by atoms with Crippen LogP contribution in [0.4, 0.5) is 0 Å². The van der Waals surface area contributed by atoms with E-state index >= 15 is 0 Å². The van der Waals surface area contributed by atoms with Gasteiger partial charge in [0.25, 0.3) is 0 Å². The van der Waals surface area contributed by atoms with Crippen LogP contribution in [0.1, 0.15) is 11.1 Å². The Hall–Kier alpha value is -2.21. The van der Waals surface area contributed by atoms with Crippen LogP contribution in [-0.2, 0) is 13.0 Å². The van der Waals surface area contributed by atoms with Crippen LogP contribution < -0.4 is 20.5 Å². The van der Waals surface area contributed by atoms with Gasteiger partial charge in [-0.1, -0.05) is 30.3 Å². The molecule has 3 rings (SSSR count). The van der Waals surface area contributed by atoms with Crippen LogP contribution in [0.15, 0.2) is 51.9 Å². The molecule has 120 valence electrons. The van der Waals surface area contributed by atoms with Gasteiger partial charge >= 0.3 is 0 Å². The quantitative estimate of drug-likeness (QED) is 0.622. The molecule has 1 heterocycles. The fraction of sp³-hybridized carbons (Fsp3) is 0.235. The van der Waals surface area contributed by atoms with Gasteiger partial charge in [-0.05, 0) is 45.6 Å². The maximum absolute atomic E-state index is 5.91. The van der Waals surface area contributed by atoms with Crippen molar-refractivity contribution in [2.45, 2.75) is 13.0 Å². The second-order valence-electron chi connectivity index (χ2n) is 5.18. The number of fused-ring (bicyclic) bond motifs is 1. The topological polar surface area (TPSA) is 68.9 Å². The predicted molar refractivity (Wildman–Crippen MR) is 93.7 cm³/mol. The van der Waals surface area contributed by atoms with E-state index in [1.807, 2.05) is 30.3 Å². The monoisotopic (exact) mass is 375 g/mol. The third kappa shape index (κ3) is 4.16. The molecule has 0 aromatic heterocycles. The molecule has 0 saturated carbocycles. The number of benzene rings is 2. The molecule has 0 saturated heterocycles. The van der Waals surface area contributed by atoms with E-state index in [4.69, 9.17) is 15.2 Å². The molecule has 0 atom stereocenters. The van der Waals surface area contributed by atoms with Crippen LogP contribution in [0.2, 0.25) is 0 Å². The number of nitrogens with one attached hydrogen (secondary N) is 1. The van der Waals surface area contributed by atoms with E-state index < -0.39 is 0 Å². The molecule has 0 aliphatic carbocycles. The molecule has 23 heavy (non-hydrogen) atoms. The standard InChI is InChI=1S/C17H18BrN3O2/c18-14-8-13(9-15-16(14)23-11-22-15)10-21-17(19)20-7-6-12-4-2-1-3-5-12/h1-5,8-9H,6-7,10-11H2,(H3,19,20,21). The van der Waals surface area contributed by atoms with Crippen LogP contribution >= 0.6 is 15.9 Å². The molecule has 2 aromatic carbocycles. The van der Waals surface area contributed by atoms with Crippen molar-refractivity contribution >= 4 is 21.9 Å². The van der Waals surface area contributed by atoms with Crippen LogP contribution in [0.5, 0.6) is 11.5 Å². The lowest BCUT2D eigenvalue weighted by atomic mass is 10.1. The third-order valence-corrected chi connectivity index (χ3v) is 4.07. The molecule has 0 bridgehead atoms. The minimum absolute atomic E-state index is 0.254. The van der Waals surface area contributed by atoms with E-state index in [0.29, 0.717) is 12.5 Å². The van der Waals surface area contributed by atoms with Crippen molar-refractivity contribution in [3.63, 3.8) is 0 Å². The molecule has 0 spiro atoms. The molecule has 0 fully saturated rings. The number of nitrogens with two attached hydrogens (primary N) is 1. The molecule has 1 aliphatic heterocycles. The Bertz CT molecular complexity index is 704. The number of rotatable bonds is 5. The Balaban J connectivity index is 1.52. The lowest BCUT2D eigenvalue weighted by Crippen LogP contribution is -2.33. The van der Waals surface area contributed by atoms with Crippen LogP contribution in [0, 0.1) is 0 Å². The van der Waals surface area contributed by atoms with E-state index in [-0.39, 0.29) is 6.79 Å². The van der Waals surface area contributed by atoms with Crippen molar-refractivity contribution in [1.82, 2.24) is 5.32 Å². The van der Waals surface area contributed by atoms with E-state index in [1.54, 1.807) is 0 Å². The molecule has 2 aromatic rings. The number of guanidine groups is 1. The highest BCUT2D eigenvalue weighted by Crippen LogP contribution is 2.40. The van der Waals surface area contributed by atoms with Crippen molar-refractivity contribution in [3.8, 4) is 11.5 Å². The zero-order valence-electron chi connectivity index (χ0n) is 12.6. The van der Waals surface area contributed by atoms with Crippen molar-refractivity contribution in [1.29, 1.82) is 0 Å². The van der Waals surface area contributed by atoms with Gasteiger partial charge in [0.05, 0.1) is 11.0 Å². The number of nitrogens with zero attached hydrogens (tertiary/aromatic N) is 1. The van der Waals surface area contributed by atoms with Crippen molar-refractivity contribution in [3.05, 3.63) is 58.1 Å². The summed E-state index contributed by atoms with van der Waals surface area (Å²) in [4.78, 5) is 4.36. The van der Waals surface area contributed by atoms with E-state index in [1.165, 1.54) is 5.56 Å². The first-order valence-corrected chi connectivity index (χ1v) is 8.17. The summed E-state index contributed by atoms with van der Waals surface area (Å²) in [5.74, 6) is 1.92. The zero-order valence-corrected chi connectivity index (χ0v) is 14.2. The van der Waals surface area contributed by atoms with Gasteiger partial charge in [0.15, 0.2) is 17.5 Å². The molecule has 0 unspecified atom stereocenters. The number of halogens is 1. The van der Waals surface area contributed by atoms with Crippen molar-refractivity contribution in [2.75, 3.05) is 13.3 Å². The minimum atomic E-state index is 0.254. The minimum Gasteiger partial charge on any atom is -0.454 e. The molecule has 3 N–H and O–H groups in total. The first-order valence-electron chi connectivity index (χ1n) is 7.38. The van der Waals surface area contributed by atoms with Gasteiger partial charge in [0, 0.05) is 6.54 Å². The smallest absolute Gasteiger partial charge is 0.231 e. The fourth-order valence-electron chi connectivity index (χ4n) is 2.32. The van der Waals surface area contributed by atoms with Crippen molar-refractivity contribution in [2.24, 2.45) is 10.7 Å². The van der Waals surface area contributed by atoms with E-state index in [9.17, 15) is 0 Å². The summed E-state index contributed by atoms with van der Waals surface area (Å²) in [5, 5.41) is 3.13. The highest BCUT2D eigenvalue weighted by Gasteiger charge is 2.17. The molecule has 0 radical (unpaired) electrons. The maximum atomic E-state index is 5.91. The van der Waals surface area contributed by atoms with Crippen LogP contribution in [-0.4, -0.2) is 19.3 Å². The second-order valence-corrected chi connectivity index (χ2v) is 6.03. The summed E-state index contributed by atoms with van der Waals surface area (Å²) >= 11 is 3.47. The summed E-state index contributed by atoms with van der Waals surface area (Å²) in [5.41, 5.74) is 8.19. The van der Waals surface area contributed by atoms with E-state index in [0.717, 1.165) is 34.5 Å². The average Bonchev–Trinajstić information content (AvgIpc) is 3.03. The number of aliphatic imine (C=N–C) groups is 1. The summed E-state index contributed by atoms with van der Waals surface area (Å²) < 4.78 is 11.6. The van der Waals surface area contributed by atoms with Gasteiger partial charge in [0.1, 0.15) is 0 Å². The Morgan fingerprint density at radius 1 is 1.17 bits per heavy atom. The molecule has 1 aliphatic rings. The highest BCUT2D eigenvalue weighted by atomic mass is 79.9. The fourth-order valence-corrected chi connectivity index (χ4v) is 2.93. The van der Waals surface area contributed by atoms with Gasteiger partial charge in [-0.3, -0.25) is 0 Å². The first-order chi connectivity index (χ1) is 11.2. The van der Waals surface area contributed by atoms with Gasteiger partial charge in [-0.25, -0.2) is 4.99 Å². The van der Waals surface area contributed by atoms with Gasteiger partial charge in [-0.15, -0.1) is 0 Å². The lowest BCUT2D eigenvalue weighted by Gasteiger charge is -2.07. The highest BCUT2D eigenvalue weighted by molar-refractivity contribution is 9.10. The van der Waals surface area contributed by atoms with Gasteiger partial charge < -0.3 is 20.5 Å². The molecule has 0 amide bonds. The summed E-state index contributed by atoms with van der Waals surface area (Å²) in [6.07, 6.45) is 0.909. The number of hydrogen-bond acceptors (Lipinski definition) is 3. The Kier molecular flexibility index (Phi) is 5.02. The van der Waals surface area contributed by atoms with Gasteiger partial charge in [-0.2, -0.15) is 0 Å². The Morgan fingerprint density at radius 3 is 2.83 bits per heavy atom. The second kappa shape index (κ2) is 7.37. The summed E-state index contributed by atoms with van der Waals surface area (Å²) in [6.45, 7) is 1.49. The SMILES string of the molecule is NC(=NCc1cc(Br)c2c(c1)OCO2)NCCc1ccccc1. The number of ether oxygens (including phenoxy) is 2. The molecular formula is C17H18BrN3O2.